The summed E-state index contributed by atoms with van der Waals surface area (Å²) in [5, 5.41) is 6.17. The minimum Gasteiger partial charge on any atom is -0.489 e. The van der Waals surface area contributed by atoms with Gasteiger partial charge in [0, 0.05) is 6.54 Å². The van der Waals surface area contributed by atoms with Gasteiger partial charge >= 0.3 is 0 Å². The van der Waals surface area contributed by atoms with E-state index in [-0.39, 0.29) is 12.0 Å². The van der Waals surface area contributed by atoms with E-state index in [1.165, 1.54) is 0 Å². The summed E-state index contributed by atoms with van der Waals surface area (Å²) in [6.45, 7) is 5.56. The van der Waals surface area contributed by atoms with Gasteiger partial charge in [-0.3, -0.25) is 4.79 Å². The number of hydrogen-bond acceptors (Lipinski definition) is 5. The zero-order chi connectivity index (χ0) is 18.9. The molecule has 0 atom stereocenters. The molecule has 2 rings (SSSR count). The Morgan fingerprint density at radius 3 is 2.62 bits per heavy atom. The fourth-order valence-electron chi connectivity index (χ4n) is 2.37. The quantitative estimate of drug-likeness (QED) is 0.675. The molecule has 1 aromatic heterocycles. The second-order valence-corrected chi connectivity index (χ2v) is 6.63. The smallest absolute Gasteiger partial charge is 0.269 e. The highest BCUT2D eigenvalue weighted by molar-refractivity contribution is 5.92. The Balaban J connectivity index is 1.94. The fraction of sp³-hybridized carbons (Fsp3) is 0.400. The Morgan fingerprint density at radius 2 is 1.96 bits per heavy atom. The predicted molar refractivity (Wildman–Crippen MR) is 105 cm³/mol. The molecule has 1 amide bonds. The van der Waals surface area contributed by atoms with Gasteiger partial charge in [-0.15, -0.1) is 0 Å². The SMILES string of the molecule is CC(C)Oc1ccccc1Nc1ccc(C(=O)NCCCN(C)C)nc1. The maximum Gasteiger partial charge on any atom is 0.269 e. The van der Waals surface area contributed by atoms with E-state index in [1.54, 1.807) is 12.3 Å². The lowest BCUT2D eigenvalue weighted by Crippen LogP contribution is -2.27. The summed E-state index contributed by atoms with van der Waals surface area (Å²) >= 11 is 0. The minimum absolute atomic E-state index is 0.0923. The Morgan fingerprint density at radius 1 is 1.19 bits per heavy atom. The van der Waals surface area contributed by atoms with Crippen LogP contribution in [0.5, 0.6) is 5.75 Å². The van der Waals surface area contributed by atoms with Crippen LogP contribution in [0.1, 0.15) is 30.8 Å². The number of aromatic nitrogens is 1. The summed E-state index contributed by atoms with van der Waals surface area (Å²) in [5.41, 5.74) is 2.07. The molecule has 0 radical (unpaired) electrons. The predicted octanol–water partition coefficient (Wildman–Crippen LogP) is 3.29. The maximum absolute atomic E-state index is 12.1. The molecule has 1 aromatic carbocycles. The minimum atomic E-state index is -0.154. The van der Waals surface area contributed by atoms with Crippen LogP contribution in [0, 0.1) is 0 Å². The van der Waals surface area contributed by atoms with Crippen molar-refractivity contribution in [2.45, 2.75) is 26.4 Å². The van der Waals surface area contributed by atoms with Gasteiger partial charge in [-0.1, -0.05) is 12.1 Å². The molecule has 0 spiro atoms. The molecule has 2 aromatic rings. The first-order valence-corrected chi connectivity index (χ1v) is 8.87. The van der Waals surface area contributed by atoms with Crippen molar-refractivity contribution in [3.05, 3.63) is 48.3 Å². The number of nitrogens with one attached hydrogen (secondary N) is 2. The Labute approximate surface area is 155 Å². The number of amides is 1. The van der Waals surface area contributed by atoms with E-state index in [1.807, 2.05) is 58.3 Å². The number of anilines is 2. The van der Waals surface area contributed by atoms with Gasteiger partial charge in [0.15, 0.2) is 0 Å². The van der Waals surface area contributed by atoms with Crippen LogP contribution >= 0.6 is 0 Å². The molecule has 0 aliphatic carbocycles. The highest BCUT2D eigenvalue weighted by Crippen LogP contribution is 2.27. The Hall–Kier alpha value is -2.60. The molecule has 0 aliphatic heterocycles. The van der Waals surface area contributed by atoms with Gasteiger partial charge in [0.2, 0.25) is 0 Å². The summed E-state index contributed by atoms with van der Waals surface area (Å²) in [4.78, 5) is 18.4. The van der Waals surface area contributed by atoms with E-state index in [2.05, 4.69) is 20.5 Å². The van der Waals surface area contributed by atoms with Gasteiger partial charge < -0.3 is 20.3 Å². The van der Waals surface area contributed by atoms with E-state index in [0.717, 1.165) is 30.1 Å². The molecule has 0 unspecified atom stereocenters. The van der Waals surface area contributed by atoms with Gasteiger partial charge in [0.05, 0.1) is 23.7 Å². The molecule has 2 N–H and O–H groups in total. The summed E-state index contributed by atoms with van der Waals surface area (Å²) < 4.78 is 5.80. The molecule has 6 heteroatoms. The number of benzene rings is 1. The molecule has 1 heterocycles. The van der Waals surface area contributed by atoms with Crippen molar-refractivity contribution in [2.24, 2.45) is 0 Å². The third-order valence-electron chi connectivity index (χ3n) is 3.59. The number of carbonyl (C=O) groups excluding carboxylic acids is 1. The molecule has 6 nitrogen and oxygen atoms in total. The van der Waals surface area contributed by atoms with Gasteiger partial charge in [0.1, 0.15) is 11.4 Å². The number of rotatable bonds is 9. The first-order valence-electron chi connectivity index (χ1n) is 8.87. The van der Waals surface area contributed by atoms with Crippen LogP contribution in [0.3, 0.4) is 0 Å². The third-order valence-corrected chi connectivity index (χ3v) is 3.59. The second-order valence-electron chi connectivity index (χ2n) is 6.63. The van der Waals surface area contributed by atoms with Crippen LogP contribution in [0.4, 0.5) is 11.4 Å². The zero-order valence-corrected chi connectivity index (χ0v) is 16.0. The normalized spacial score (nSPS) is 10.8. The van der Waals surface area contributed by atoms with Crippen LogP contribution in [-0.2, 0) is 0 Å². The maximum atomic E-state index is 12.1. The molecule has 26 heavy (non-hydrogen) atoms. The van der Waals surface area contributed by atoms with Gasteiger partial charge in [-0.05, 0) is 65.2 Å². The van der Waals surface area contributed by atoms with E-state index in [4.69, 9.17) is 4.74 Å². The van der Waals surface area contributed by atoms with Crippen molar-refractivity contribution in [3.63, 3.8) is 0 Å². The van der Waals surface area contributed by atoms with E-state index in [9.17, 15) is 4.79 Å². The third kappa shape index (κ3) is 6.37. The lowest BCUT2D eigenvalue weighted by atomic mass is 10.2. The van der Waals surface area contributed by atoms with E-state index in [0.29, 0.717) is 12.2 Å². The number of nitrogens with zero attached hydrogens (tertiary/aromatic N) is 2. The summed E-state index contributed by atoms with van der Waals surface area (Å²) in [6, 6.07) is 11.3. The number of carbonyl (C=O) groups is 1. The van der Waals surface area contributed by atoms with Gasteiger partial charge in [-0.25, -0.2) is 4.98 Å². The molecule has 0 aliphatic rings. The van der Waals surface area contributed by atoms with E-state index >= 15 is 0 Å². The van der Waals surface area contributed by atoms with Crippen molar-refractivity contribution in [2.75, 3.05) is 32.5 Å². The largest absolute Gasteiger partial charge is 0.489 e. The van der Waals surface area contributed by atoms with Crippen molar-refractivity contribution < 1.29 is 9.53 Å². The molecule has 140 valence electrons. The summed E-state index contributed by atoms with van der Waals surface area (Å²) in [6.07, 6.45) is 2.65. The monoisotopic (exact) mass is 356 g/mol. The molecule has 0 saturated carbocycles. The lowest BCUT2D eigenvalue weighted by molar-refractivity contribution is 0.0947. The lowest BCUT2D eigenvalue weighted by Gasteiger charge is -2.15. The zero-order valence-electron chi connectivity index (χ0n) is 16.0. The average Bonchev–Trinajstić information content (AvgIpc) is 2.60. The van der Waals surface area contributed by atoms with Crippen LogP contribution in [0.15, 0.2) is 42.6 Å². The number of pyridine rings is 1. The van der Waals surface area contributed by atoms with Crippen LogP contribution < -0.4 is 15.4 Å². The number of para-hydroxylation sites is 2. The Bertz CT molecular complexity index is 699. The Kier molecular flexibility index (Phi) is 7.41. The first-order chi connectivity index (χ1) is 12.5. The number of hydrogen-bond donors (Lipinski definition) is 2. The van der Waals surface area contributed by atoms with Crippen LogP contribution in [0.25, 0.3) is 0 Å². The van der Waals surface area contributed by atoms with Crippen LogP contribution in [-0.4, -0.2) is 49.1 Å². The summed E-state index contributed by atoms with van der Waals surface area (Å²) in [5.74, 6) is 0.629. The standard InChI is InChI=1S/C20H28N4O2/c1-15(2)26-19-9-6-5-8-17(19)23-16-10-11-18(22-14-16)20(25)21-12-7-13-24(3)4/h5-6,8-11,14-15,23H,7,12-13H2,1-4H3,(H,21,25). The van der Waals surface area contributed by atoms with Crippen molar-refractivity contribution >= 4 is 17.3 Å². The fourth-order valence-corrected chi connectivity index (χ4v) is 2.37. The first kappa shape index (κ1) is 19.7. The average molecular weight is 356 g/mol. The molecular weight excluding hydrogens is 328 g/mol. The highest BCUT2D eigenvalue weighted by Gasteiger charge is 2.08. The molecule has 0 bridgehead atoms. The molecular formula is C20H28N4O2. The molecule has 0 saturated heterocycles. The molecule has 0 fully saturated rings. The van der Waals surface area contributed by atoms with Crippen molar-refractivity contribution in [3.8, 4) is 5.75 Å². The van der Waals surface area contributed by atoms with Gasteiger partial charge in [0.25, 0.3) is 5.91 Å². The van der Waals surface area contributed by atoms with Gasteiger partial charge in [-0.2, -0.15) is 0 Å². The topological polar surface area (TPSA) is 66.5 Å². The second kappa shape index (κ2) is 9.77. The van der Waals surface area contributed by atoms with Crippen molar-refractivity contribution in [1.29, 1.82) is 0 Å². The van der Waals surface area contributed by atoms with E-state index < -0.39 is 0 Å². The summed E-state index contributed by atoms with van der Waals surface area (Å²) in [7, 11) is 4.03. The van der Waals surface area contributed by atoms with Crippen LogP contribution in [0.2, 0.25) is 0 Å². The highest BCUT2D eigenvalue weighted by atomic mass is 16.5. The number of ether oxygens (including phenoxy) is 1. The van der Waals surface area contributed by atoms with Crippen molar-refractivity contribution in [1.82, 2.24) is 15.2 Å².